The van der Waals surface area contributed by atoms with Crippen molar-refractivity contribution in [1.82, 2.24) is 9.97 Å². The predicted octanol–water partition coefficient (Wildman–Crippen LogP) is 6.56. The van der Waals surface area contributed by atoms with Gasteiger partial charge in [0, 0.05) is 55.6 Å². The largest absolute Gasteiger partial charge is 0.511 e. The normalized spacial score (nSPS) is 18.9. The van der Waals surface area contributed by atoms with Crippen LogP contribution in [0.1, 0.15) is 78.1 Å². The van der Waals surface area contributed by atoms with Crippen molar-refractivity contribution >= 4 is 29.5 Å². The van der Waals surface area contributed by atoms with Crippen LogP contribution >= 0.6 is 11.6 Å². The molecule has 210 valence electrons. The standard InChI is InChI=1S/C31H35ClN4O4/c1-19(2)29-33-20(3)17-28(34-29)35-15-13-22(14-16-35)36(4,30(37)24-7-5-6-8-26(24)32)27-12-10-21-9-11-23(18-25(21)27)40-31(38)39/h5-9,11,17-19,22,27H,10,12-16H2,1-4H3/p+1/t27-,36?/m1/s1. The van der Waals surface area contributed by atoms with Gasteiger partial charge in [0.05, 0.1) is 23.7 Å². The van der Waals surface area contributed by atoms with Gasteiger partial charge in [0.2, 0.25) is 0 Å². The Kier molecular flexibility index (Phi) is 7.84. The number of anilines is 1. The van der Waals surface area contributed by atoms with E-state index in [4.69, 9.17) is 21.3 Å². The first-order chi connectivity index (χ1) is 19.1. The van der Waals surface area contributed by atoms with Crippen LogP contribution < -0.4 is 9.64 Å². The maximum Gasteiger partial charge on any atom is 0.511 e. The minimum atomic E-state index is -1.35. The molecule has 1 saturated heterocycles. The maximum atomic E-state index is 14.5. The Labute approximate surface area is 240 Å². The summed E-state index contributed by atoms with van der Waals surface area (Å²) in [6, 6.07) is 14.5. The van der Waals surface area contributed by atoms with Gasteiger partial charge in [0.15, 0.2) is 0 Å². The molecule has 2 atom stereocenters. The summed E-state index contributed by atoms with van der Waals surface area (Å²) in [6.07, 6.45) is 1.83. The first-order valence-corrected chi connectivity index (χ1v) is 14.2. The fourth-order valence-electron chi connectivity index (χ4n) is 6.36. The second-order valence-corrected chi connectivity index (χ2v) is 11.7. The SMILES string of the molecule is Cc1cc(N2CCC([N+](C)(C(=O)c3ccccc3Cl)[C@@H]3CCc4ccc(OC(=O)O)cc43)CC2)nc(C(C)C)n1. The molecule has 3 aromatic rings. The van der Waals surface area contributed by atoms with Gasteiger partial charge in [-0.15, -0.1) is 0 Å². The number of piperidine rings is 1. The van der Waals surface area contributed by atoms with E-state index in [1.165, 1.54) is 0 Å². The monoisotopic (exact) mass is 563 g/mol. The second kappa shape index (κ2) is 11.2. The lowest BCUT2D eigenvalue weighted by molar-refractivity contribution is -0.887. The van der Waals surface area contributed by atoms with E-state index in [0.717, 1.165) is 67.2 Å². The predicted molar refractivity (Wildman–Crippen MR) is 154 cm³/mol. The average molecular weight is 564 g/mol. The van der Waals surface area contributed by atoms with Crippen LogP contribution in [0.2, 0.25) is 5.02 Å². The Morgan fingerprint density at radius 3 is 2.48 bits per heavy atom. The number of rotatable bonds is 6. The molecule has 5 rings (SSSR count). The molecule has 1 N–H and O–H groups in total. The number of hydrogen-bond donors (Lipinski definition) is 1. The molecule has 0 saturated carbocycles. The first kappa shape index (κ1) is 28.1. The Hall–Kier alpha value is -3.49. The minimum Gasteiger partial charge on any atom is -0.449 e. The molecule has 1 fully saturated rings. The fourth-order valence-corrected chi connectivity index (χ4v) is 6.58. The van der Waals surface area contributed by atoms with Gasteiger partial charge in [-0.2, -0.15) is 0 Å². The Bertz CT molecular complexity index is 1440. The number of benzene rings is 2. The van der Waals surface area contributed by atoms with E-state index in [1.807, 2.05) is 38.2 Å². The summed E-state index contributed by atoms with van der Waals surface area (Å²) in [6.45, 7) is 7.73. The highest BCUT2D eigenvalue weighted by Gasteiger charge is 2.51. The third kappa shape index (κ3) is 5.30. The minimum absolute atomic E-state index is 0.0218. The van der Waals surface area contributed by atoms with Crippen molar-refractivity contribution in [2.75, 3.05) is 25.0 Å². The van der Waals surface area contributed by atoms with E-state index < -0.39 is 6.16 Å². The summed E-state index contributed by atoms with van der Waals surface area (Å²) >= 11 is 6.57. The number of carboxylic acid groups (broad SMARTS) is 1. The molecular formula is C31H36ClN4O4+. The molecule has 9 heteroatoms. The van der Waals surface area contributed by atoms with Crippen molar-refractivity contribution in [3.63, 3.8) is 0 Å². The summed E-state index contributed by atoms with van der Waals surface area (Å²) in [5.74, 6) is 2.26. The van der Waals surface area contributed by atoms with Crippen molar-refractivity contribution in [3.05, 3.63) is 81.8 Å². The highest BCUT2D eigenvalue weighted by molar-refractivity contribution is 6.33. The fraction of sp³-hybridized carbons (Fsp3) is 0.419. The lowest BCUT2D eigenvalue weighted by atomic mass is 9.93. The average Bonchev–Trinajstić information content (AvgIpc) is 3.35. The number of carbonyl (C=O) groups excluding carboxylic acids is 1. The van der Waals surface area contributed by atoms with E-state index in [1.54, 1.807) is 24.3 Å². The Morgan fingerprint density at radius 2 is 1.80 bits per heavy atom. The number of amides is 1. The molecule has 1 aliphatic carbocycles. The molecular weight excluding hydrogens is 528 g/mol. The number of fused-ring (bicyclic) bond motifs is 1. The third-order valence-corrected chi connectivity index (χ3v) is 8.81. The molecule has 1 unspecified atom stereocenters. The maximum absolute atomic E-state index is 14.5. The van der Waals surface area contributed by atoms with Crippen LogP contribution in [0.4, 0.5) is 10.6 Å². The first-order valence-electron chi connectivity index (χ1n) is 13.9. The van der Waals surface area contributed by atoms with E-state index in [0.29, 0.717) is 10.6 Å². The zero-order valence-electron chi connectivity index (χ0n) is 23.4. The van der Waals surface area contributed by atoms with Crippen molar-refractivity contribution in [2.45, 2.75) is 64.5 Å². The van der Waals surface area contributed by atoms with Gasteiger partial charge in [-0.1, -0.05) is 43.6 Å². The number of carbonyl (C=O) groups is 2. The van der Waals surface area contributed by atoms with Gasteiger partial charge in [-0.3, -0.25) is 0 Å². The van der Waals surface area contributed by atoms with Crippen molar-refractivity contribution in [3.8, 4) is 5.75 Å². The lowest BCUT2D eigenvalue weighted by Gasteiger charge is -2.47. The molecule has 0 bridgehead atoms. The molecule has 8 nitrogen and oxygen atoms in total. The Balaban J connectivity index is 1.49. The number of aromatic nitrogens is 2. The van der Waals surface area contributed by atoms with E-state index >= 15 is 0 Å². The summed E-state index contributed by atoms with van der Waals surface area (Å²) in [5, 5.41) is 9.63. The van der Waals surface area contributed by atoms with Gasteiger partial charge in [0.1, 0.15) is 23.4 Å². The van der Waals surface area contributed by atoms with Gasteiger partial charge >= 0.3 is 12.1 Å². The van der Waals surface area contributed by atoms with Crippen molar-refractivity contribution < 1.29 is 23.9 Å². The Morgan fingerprint density at radius 1 is 1.07 bits per heavy atom. The van der Waals surface area contributed by atoms with Crippen LogP contribution in [0.3, 0.4) is 0 Å². The van der Waals surface area contributed by atoms with Crippen LogP contribution in [0.25, 0.3) is 0 Å². The third-order valence-electron chi connectivity index (χ3n) is 8.48. The van der Waals surface area contributed by atoms with Gasteiger partial charge in [-0.05, 0) is 43.2 Å². The van der Waals surface area contributed by atoms with Crippen molar-refractivity contribution in [1.29, 1.82) is 0 Å². The summed E-state index contributed by atoms with van der Waals surface area (Å²) < 4.78 is 5.16. The van der Waals surface area contributed by atoms with Crippen LogP contribution in [0, 0.1) is 6.92 Å². The smallest absolute Gasteiger partial charge is 0.449 e. The molecule has 2 aliphatic rings. The molecule has 2 heterocycles. The van der Waals surface area contributed by atoms with Gasteiger partial charge in [-0.25, -0.2) is 24.0 Å². The second-order valence-electron chi connectivity index (χ2n) is 11.3. The number of hydrogen-bond acceptors (Lipinski definition) is 6. The molecule has 2 aromatic carbocycles. The van der Waals surface area contributed by atoms with E-state index in [9.17, 15) is 14.7 Å². The van der Waals surface area contributed by atoms with Crippen LogP contribution in [0.15, 0.2) is 48.5 Å². The highest BCUT2D eigenvalue weighted by Crippen LogP contribution is 2.46. The van der Waals surface area contributed by atoms with Gasteiger partial charge < -0.3 is 14.7 Å². The lowest BCUT2D eigenvalue weighted by Crippen LogP contribution is -2.60. The topological polar surface area (TPSA) is 92.6 Å². The number of quaternary nitrogens is 1. The molecule has 1 aliphatic heterocycles. The van der Waals surface area contributed by atoms with Crippen LogP contribution in [-0.2, 0) is 6.42 Å². The molecule has 0 radical (unpaired) electrons. The summed E-state index contributed by atoms with van der Waals surface area (Å²) in [5.41, 5.74) is 3.55. The highest BCUT2D eigenvalue weighted by atomic mass is 35.5. The molecule has 40 heavy (non-hydrogen) atoms. The number of ether oxygens (including phenoxy) is 1. The number of aryl methyl sites for hydroxylation is 2. The summed E-state index contributed by atoms with van der Waals surface area (Å²) in [4.78, 5) is 37.5. The van der Waals surface area contributed by atoms with Crippen LogP contribution in [0.5, 0.6) is 5.75 Å². The number of halogens is 1. The van der Waals surface area contributed by atoms with Crippen LogP contribution in [-0.4, -0.2) is 57.8 Å². The quantitative estimate of drug-likeness (QED) is 0.206. The molecule has 1 aromatic heterocycles. The van der Waals surface area contributed by atoms with Gasteiger partial charge in [0.25, 0.3) is 0 Å². The van der Waals surface area contributed by atoms with Crippen molar-refractivity contribution in [2.24, 2.45) is 0 Å². The zero-order chi connectivity index (χ0) is 28.6. The number of nitrogens with zero attached hydrogens (tertiary/aromatic N) is 4. The van der Waals surface area contributed by atoms with E-state index in [-0.39, 0.29) is 34.1 Å². The van der Waals surface area contributed by atoms with E-state index in [2.05, 4.69) is 23.7 Å². The molecule has 0 spiro atoms. The summed E-state index contributed by atoms with van der Waals surface area (Å²) in [7, 11) is 2.03. The zero-order valence-corrected chi connectivity index (χ0v) is 24.2. The molecule has 1 amide bonds.